The lowest BCUT2D eigenvalue weighted by Crippen LogP contribution is -2.29. The molecule has 0 fully saturated rings. The molecule has 1 amide bonds. The van der Waals surface area contributed by atoms with Crippen LogP contribution in [-0.2, 0) is 4.79 Å². The van der Waals surface area contributed by atoms with Crippen LogP contribution in [0.4, 0.5) is 4.39 Å². The third kappa shape index (κ3) is 4.62. The maximum Gasteiger partial charge on any atom is 0.223 e. The zero-order valence-corrected chi connectivity index (χ0v) is 14.5. The monoisotopic (exact) mass is 353 g/mol. The molecule has 0 aliphatic rings. The molecular formula is C17H17ClFNO2S. The lowest BCUT2D eigenvalue weighted by Gasteiger charge is -2.25. The predicted octanol–water partition coefficient (Wildman–Crippen LogP) is 4.72. The van der Waals surface area contributed by atoms with E-state index in [9.17, 15) is 14.0 Å². The van der Waals surface area contributed by atoms with E-state index in [1.807, 2.05) is 6.92 Å². The third-order valence-electron chi connectivity index (χ3n) is 3.74. The van der Waals surface area contributed by atoms with E-state index in [-0.39, 0.29) is 36.4 Å². The summed E-state index contributed by atoms with van der Waals surface area (Å²) in [4.78, 5) is 26.4. The van der Waals surface area contributed by atoms with Crippen molar-refractivity contribution in [1.29, 1.82) is 0 Å². The summed E-state index contributed by atoms with van der Waals surface area (Å²) in [6.45, 7) is 1.87. The number of carbonyl (C=O) groups excluding carboxylic acids is 2. The Morgan fingerprint density at radius 2 is 1.83 bits per heavy atom. The van der Waals surface area contributed by atoms with E-state index in [2.05, 4.69) is 0 Å². The molecule has 0 bridgehead atoms. The molecule has 0 saturated carbocycles. The average molecular weight is 354 g/mol. The molecule has 0 aliphatic carbocycles. The van der Waals surface area contributed by atoms with Crippen molar-refractivity contribution in [3.8, 4) is 0 Å². The van der Waals surface area contributed by atoms with Gasteiger partial charge in [-0.3, -0.25) is 9.59 Å². The molecule has 6 heteroatoms. The van der Waals surface area contributed by atoms with E-state index in [0.29, 0.717) is 9.21 Å². The van der Waals surface area contributed by atoms with Crippen LogP contribution in [0.2, 0.25) is 4.34 Å². The zero-order chi connectivity index (χ0) is 17.0. The standard InChI is InChI=1S/C17H17ClFNO2S/c1-11(12-3-5-13(19)6-4-12)20(2)17(22)10-7-14(21)15-8-9-16(18)23-15/h3-6,8-9,11H,7,10H2,1-2H3. The van der Waals surface area contributed by atoms with Gasteiger partial charge in [-0.1, -0.05) is 23.7 Å². The van der Waals surface area contributed by atoms with E-state index < -0.39 is 0 Å². The number of thiophene rings is 1. The van der Waals surface area contributed by atoms with Gasteiger partial charge in [0.15, 0.2) is 5.78 Å². The Hall–Kier alpha value is -1.72. The summed E-state index contributed by atoms with van der Waals surface area (Å²) in [6.07, 6.45) is 0.284. The van der Waals surface area contributed by atoms with Gasteiger partial charge in [-0.15, -0.1) is 11.3 Å². The molecule has 2 rings (SSSR count). The summed E-state index contributed by atoms with van der Waals surface area (Å²) in [5.74, 6) is -0.522. The van der Waals surface area contributed by atoms with Gasteiger partial charge in [0.05, 0.1) is 15.3 Å². The first-order valence-corrected chi connectivity index (χ1v) is 8.37. The van der Waals surface area contributed by atoms with Crippen LogP contribution < -0.4 is 0 Å². The van der Waals surface area contributed by atoms with Gasteiger partial charge >= 0.3 is 0 Å². The highest BCUT2D eigenvalue weighted by Gasteiger charge is 2.19. The number of ketones is 1. The number of benzene rings is 1. The summed E-state index contributed by atoms with van der Waals surface area (Å²) < 4.78 is 13.5. The fourth-order valence-corrected chi connectivity index (χ4v) is 3.18. The van der Waals surface area contributed by atoms with Crippen LogP contribution in [0.15, 0.2) is 36.4 Å². The summed E-state index contributed by atoms with van der Waals surface area (Å²) >= 11 is 7.02. The molecule has 1 heterocycles. The Morgan fingerprint density at radius 1 is 1.17 bits per heavy atom. The Labute approximate surface area is 143 Å². The average Bonchev–Trinajstić information content (AvgIpc) is 2.98. The molecule has 1 atom stereocenters. The molecule has 3 nitrogen and oxygen atoms in total. The van der Waals surface area contributed by atoms with Crippen molar-refractivity contribution < 1.29 is 14.0 Å². The predicted molar refractivity (Wildman–Crippen MR) is 90.5 cm³/mol. The van der Waals surface area contributed by atoms with E-state index in [1.165, 1.54) is 23.5 Å². The minimum Gasteiger partial charge on any atom is -0.339 e. The molecule has 2 aromatic rings. The molecule has 1 unspecified atom stereocenters. The number of halogens is 2. The van der Waals surface area contributed by atoms with Gasteiger partial charge in [-0.2, -0.15) is 0 Å². The third-order valence-corrected chi connectivity index (χ3v) is 5.01. The highest BCUT2D eigenvalue weighted by molar-refractivity contribution is 7.18. The molecule has 0 N–H and O–H groups in total. The SMILES string of the molecule is CC(c1ccc(F)cc1)N(C)C(=O)CCC(=O)c1ccc(Cl)s1. The number of Topliss-reactive ketones (excluding diaryl/α,β-unsaturated/α-hetero) is 1. The van der Waals surface area contributed by atoms with E-state index in [0.717, 1.165) is 5.56 Å². The Morgan fingerprint density at radius 3 is 2.39 bits per heavy atom. The summed E-state index contributed by atoms with van der Waals surface area (Å²) in [5.41, 5.74) is 0.846. The summed E-state index contributed by atoms with van der Waals surface area (Å²) in [6, 6.07) is 9.21. The second-order valence-corrected chi connectivity index (χ2v) is 6.97. The van der Waals surface area contributed by atoms with Crippen LogP contribution in [0.3, 0.4) is 0 Å². The van der Waals surface area contributed by atoms with Crippen molar-refractivity contribution in [2.24, 2.45) is 0 Å². The zero-order valence-electron chi connectivity index (χ0n) is 12.9. The van der Waals surface area contributed by atoms with E-state index >= 15 is 0 Å². The largest absolute Gasteiger partial charge is 0.339 e. The molecule has 0 spiro atoms. The minimum atomic E-state index is -0.310. The normalized spacial score (nSPS) is 12.0. The van der Waals surface area contributed by atoms with Crippen molar-refractivity contribution in [3.05, 3.63) is 57.0 Å². The van der Waals surface area contributed by atoms with Crippen LogP contribution in [0, 0.1) is 5.82 Å². The minimum absolute atomic E-state index is 0.0851. The van der Waals surface area contributed by atoms with Crippen molar-refractivity contribution >= 4 is 34.6 Å². The van der Waals surface area contributed by atoms with E-state index in [1.54, 1.807) is 36.2 Å². The number of amides is 1. The first kappa shape index (κ1) is 17.6. The molecule has 1 aromatic carbocycles. The Balaban J connectivity index is 1.91. The fourth-order valence-electron chi connectivity index (χ4n) is 2.17. The first-order valence-electron chi connectivity index (χ1n) is 7.18. The molecule has 1 aromatic heterocycles. The van der Waals surface area contributed by atoms with Crippen LogP contribution in [0.1, 0.15) is 41.0 Å². The number of rotatable bonds is 6. The van der Waals surface area contributed by atoms with E-state index in [4.69, 9.17) is 11.6 Å². The number of carbonyl (C=O) groups is 2. The molecule has 122 valence electrons. The van der Waals surface area contributed by atoms with Gasteiger partial charge in [0.1, 0.15) is 5.82 Å². The lowest BCUT2D eigenvalue weighted by molar-refractivity contribution is -0.131. The van der Waals surface area contributed by atoms with Crippen LogP contribution in [0.25, 0.3) is 0 Å². The molecule has 0 radical (unpaired) electrons. The van der Waals surface area contributed by atoms with Crippen molar-refractivity contribution in [3.63, 3.8) is 0 Å². The molecule has 23 heavy (non-hydrogen) atoms. The second kappa shape index (κ2) is 7.70. The summed E-state index contributed by atoms with van der Waals surface area (Å²) in [5, 5.41) is 0. The summed E-state index contributed by atoms with van der Waals surface area (Å²) in [7, 11) is 1.68. The number of hydrogen-bond acceptors (Lipinski definition) is 3. The van der Waals surface area contributed by atoms with Gasteiger partial charge < -0.3 is 4.90 Å². The van der Waals surface area contributed by atoms with Crippen molar-refractivity contribution in [2.75, 3.05) is 7.05 Å². The van der Waals surface area contributed by atoms with Gasteiger partial charge in [0.2, 0.25) is 5.91 Å². The van der Waals surface area contributed by atoms with Crippen LogP contribution in [-0.4, -0.2) is 23.6 Å². The van der Waals surface area contributed by atoms with Crippen LogP contribution in [0.5, 0.6) is 0 Å². The number of hydrogen-bond donors (Lipinski definition) is 0. The second-order valence-electron chi connectivity index (χ2n) is 5.26. The molecular weight excluding hydrogens is 337 g/mol. The lowest BCUT2D eigenvalue weighted by atomic mass is 10.1. The van der Waals surface area contributed by atoms with Crippen LogP contribution >= 0.6 is 22.9 Å². The topological polar surface area (TPSA) is 37.4 Å². The fraction of sp³-hybridized carbons (Fsp3) is 0.294. The highest BCUT2D eigenvalue weighted by atomic mass is 35.5. The van der Waals surface area contributed by atoms with Crippen molar-refractivity contribution in [1.82, 2.24) is 4.90 Å². The molecule has 0 saturated heterocycles. The number of nitrogens with zero attached hydrogens (tertiary/aromatic N) is 1. The smallest absolute Gasteiger partial charge is 0.223 e. The first-order chi connectivity index (χ1) is 10.9. The maximum absolute atomic E-state index is 13.0. The highest BCUT2D eigenvalue weighted by Crippen LogP contribution is 2.24. The molecule has 0 aliphatic heterocycles. The van der Waals surface area contributed by atoms with Gasteiger partial charge in [-0.05, 0) is 36.8 Å². The maximum atomic E-state index is 13.0. The van der Waals surface area contributed by atoms with Gasteiger partial charge in [0.25, 0.3) is 0 Å². The Bertz CT molecular complexity index is 699. The quantitative estimate of drug-likeness (QED) is 0.704. The van der Waals surface area contributed by atoms with Gasteiger partial charge in [0, 0.05) is 19.9 Å². The van der Waals surface area contributed by atoms with Crippen molar-refractivity contribution in [2.45, 2.75) is 25.8 Å². The van der Waals surface area contributed by atoms with Gasteiger partial charge in [-0.25, -0.2) is 4.39 Å². The Kier molecular flexibility index (Phi) is 5.91.